The second-order valence-corrected chi connectivity index (χ2v) is 8.02. The van der Waals surface area contributed by atoms with Crippen LogP contribution in [0.5, 0.6) is 0 Å². The van der Waals surface area contributed by atoms with Gasteiger partial charge in [-0.25, -0.2) is 0 Å². The Morgan fingerprint density at radius 1 is 1.08 bits per heavy atom. The summed E-state index contributed by atoms with van der Waals surface area (Å²) in [4.78, 5) is 25.1. The molecule has 2 N–H and O–H groups in total. The van der Waals surface area contributed by atoms with Crippen molar-refractivity contribution >= 4 is 39.9 Å². The van der Waals surface area contributed by atoms with Gasteiger partial charge in [-0.15, -0.1) is 0 Å². The van der Waals surface area contributed by atoms with E-state index in [0.29, 0.717) is 34.2 Å². The maximum Gasteiger partial charge on any atom is 0.255 e. The van der Waals surface area contributed by atoms with Gasteiger partial charge in [0.05, 0.1) is 10.6 Å². The predicted molar refractivity (Wildman–Crippen MR) is 105 cm³/mol. The van der Waals surface area contributed by atoms with Crippen LogP contribution < -0.4 is 10.6 Å². The molecule has 0 aliphatic carbocycles. The van der Waals surface area contributed by atoms with Crippen molar-refractivity contribution in [3.8, 4) is 0 Å². The Morgan fingerprint density at radius 2 is 1.73 bits per heavy atom. The number of rotatable bonds is 6. The standard InChI is InChI=1S/C19H21ClN2O3S/c1-12(2)11-21-19(24)16-9-6-14(10-17(16)20)22-18(23)13-4-7-15(8-5-13)26(3)25/h4-10,12H,11H2,1-3H3,(H,21,24)(H,22,23). The van der Waals surface area contributed by atoms with Gasteiger partial charge in [0.1, 0.15) is 0 Å². The van der Waals surface area contributed by atoms with Crippen molar-refractivity contribution in [1.29, 1.82) is 0 Å². The Balaban J connectivity index is 2.07. The van der Waals surface area contributed by atoms with Gasteiger partial charge in [0.15, 0.2) is 0 Å². The van der Waals surface area contributed by atoms with Gasteiger partial charge in [0.2, 0.25) is 0 Å². The first-order chi connectivity index (χ1) is 12.3. The molecule has 0 saturated heterocycles. The van der Waals surface area contributed by atoms with E-state index < -0.39 is 10.8 Å². The number of hydrogen-bond acceptors (Lipinski definition) is 3. The molecule has 0 bridgehead atoms. The molecule has 0 heterocycles. The van der Waals surface area contributed by atoms with Crippen molar-refractivity contribution in [2.45, 2.75) is 18.7 Å². The first-order valence-electron chi connectivity index (χ1n) is 8.10. The van der Waals surface area contributed by atoms with Crippen LogP contribution in [0, 0.1) is 5.92 Å². The zero-order valence-electron chi connectivity index (χ0n) is 14.8. The van der Waals surface area contributed by atoms with E-state index in [0.717, 1.165) is 0 Å². The Hall–Kier alpha value is -2.18. The van der Waals surface area contributed by atoms with Gasteiger partial charge in [0.25, 0.3) is 11.8 Å². The monoisotopic (exact) mass is 392 g/mol. The first kappa shape index (κ1) is 20.1. The van der Waals surface area contributed by atoms with Crippen molar-refractivity contribution in [1.82, 2.24) is 5.32 Å². The molecule has 0 fully saturated rings. The molecule has 0 saturated carbocycles. The summed E-state index contributed by atoms with van der Waals surface area (Å²) in [6, 6.07) is 11.3. The Kier molecular flexibility index (Phi) is 6.94. The third-order valence-electron chi connectivity index (χ3n) is 3.59. The average molecular weight is 393 g/mol. The molecule has 0 spiro atoms. The van der Waals surface area contributed by atoms with E-state index in [1.54, 1.807) is 48.7 Å². The number of halogens is 1. The molecule has 26 heavy (non-hydrogen) atoms. The third-order valence-corrected chi connectivity index (χ3v) is 4.84. The maximum atomic E-state index is 12.3. The van der Waals surface area contributed by atoms with Crippen molar-refractivity contribution in [3.05, 3.63) is 58.6 Å². The second kappa shape index (κ2) is 8.96. The number of amides is 2. The molecule has 0 aliphatic heterocycles. The fraction of sp³-hybridized carbons (Fsp3) is 0.263. The van der Waals surface area contributed by atoms with Gasteiger partial charge in [-0.05, 0) is 48.4 Å². The zero-order valence-corrected chi connectivity index (χ0v) is 16.4. The summed E-state index contributed by atoms with van der Waals surface area (Å²) in [5.74, 6) is -0.218. The Morgan fingerprint density at radius 3 is 2.27 bits per heavy atom. The second-order valence-electron chi connectivity index (χ2n) is 6.23. The molecule has 2 aromatic rings. The summed E-state index contributed by atoms with van der Waals surface area (Å²) in [6.07, 6.45) is 1.58. The van der Waals surface area contributed by atoms with Crippen LogP contribution in [0.15, 0.2) is 47.4 Å². The van der Waals surface area contributed by atoms with E-state index in [2.05, 4.69) is 10.6 Å². The summed E-state index contributed by atoms with van der Waals surface area (Å²) in [6.45, 7) is 4.57. The van der Waals surface area contributed by atoms with E-state index >= 15 is 0 Å². The number of nitrogens with one attached hydrogen (secondary N) is 2. The number of hydrogen-bond donors (Lipinski definition) is 2. The van der Waals surface area contributed by atoms with Gasteiger partial charge in [-0.3, -0.25) is 13.8 Å². The minimum absolute atomic E-state index is 0.246. The summed E-state index contributed by atoms with van der Waals surface area (Å²) in [7, 11) is -1.09. The highest BCUT2D eigenvalue weighted by molar-refractivity contribution is 7.84. The largest absolute Gasteiger partial charge is 0.352 e. The highest BCUT2D eigenvalue weighted by Crippen LogP contribution is 2.22. The minimum atomic E-state index is -1.09. The van der Waals surface area contributed by atoms with E-state index in [4.69, 9.17) is 11.6 Å². The lowest BCUT2D eigenvalue weighted by Crippen LogP contribution is -2.27. The van der Waals surface area contributed by atoms with Crippen LogP contribution in [0.2, 0.25) is 5.02 Å². The molecule has 0 aliphatic rings. The fourth-order valence-electron chi connectivity index (χ4n) is 2.17. The van der Waals surface area contributed by atoms with Crippen molar-refractivity contribution < 1.29 is 13.8 Å². The molecule has 1 unspecified atom stereocenters. The van der Waals surface area contributed by atoms with E-state index in [9.17, 15) is 13.8 Å². The van der Waals surface area contributed by atoms with Crippen LogP contribution in [-0.4, -0.2) is 28.8 Å². The van der Waals surface area contributed by atoms with Crippen LogP contribution in [-0.2, 0) is 10.8 Å². The van der Waals surface area contributed by atoms with Crippen molar-refractivity contribution in [2.24, 2.45) is 5.92 Å². The van der Waals surface area contributed by atoms with E-state index in [1.807, 2.05) is 13.8 Å². The third kappa shape index (κ3) is 5.41. The van der Waals surface area contributed by atoms with Gasteiger partial charge in [0, 0.05) is 39.7 Å². The molecule has 0 aromatic heterocycles. The van der Waals surface area contributed by atoms with Crippen LogP contribution in [0.1, 0.15) is 34.6 Å². The molecule has 2 rings (SSSR count). The van der Waals surface area contributed by atoms with Crippen LogP contribution in [0.3, 0.4) is 0 Å². The molecule has 0 radical (unpaired) electrons. The zero-order chi connectivity index (χ0) is 19.3. The lowest BCUT2D eigenvalue weighted by atomic mass is 10.1. The summed E-state index contributed by atoms with van der Waals surface area (Å²) < 4.78 is 11.4. The van der Waals surface area contributed by atoms with Crippen LogP contribution in [0.4, 0.5) is 5.69 Å². The Labute approximate surface area is 160 Å². The molecule has 5 nitrogen and oxygen atoms in total. The lowest BCUT2D eigenvalue weighted by Gasteiger charge is -2.11. The lowest BCUT2D eigenvalue weighted by molar-refractivity contribution is 0.0948. The Bertz CT molecular complexity index is 835. The van der Waals surface area contributed by atoms with E-state index in [1.165, 1.54) is 0 Å². The highest BCUT2D eigenvalue weighted by Gasteiger charge is 2.13. The van der Waals surface area contributed by atoms with Gasteiger partial charge < -0.3 is 10.6 Å². The molecule has 1 atom stereocenters. The average Bonchev–Trinajstić information content (AvgIpc) is 2.59. The fourth-order valence-corrected chi connectivity index (χ4v) is 2.96. The van der Waals surface area contributed by atoms with Crippen molar-refractivity contribution in [2.75, 3.05) is 18.1 Å². The van der Waals surface area contributed by atoms with Crippen LogP contribution >= 0.6 is 11.6 Å². The highest BCUT2D eigenvalue weighted by atomic mass is 35.5. The number of benzene rings is 2. The van der Waals surface area contributed by atoms with Gasteiger partial charge >= 0.3 is 0 Å². The van der Waals surface area contributed by atoms with Gasteiger partial charge in [-0.2, -0.15) is 0 Å². The number of carbonyl (C=O) groups excluding carboxylic acids is 2. The van der Waals surface area contributed by atoms with E-state index in [-0.39, 0.29) is 16.8 Å². The van der Waals surface area contributed by atoms with Crippen molar-refractivity contribution in [3.63, 3.8) is 0 Å². The summed E-state index contributed by atoms with van der Waals surface area (Å²) >= 11 is 6.18. The quantitative estimate of drug-likeness (QED) is 0.786. The number of carbonyl (C=O) groups is 2. The smallest absolute Gasteiger partial charge is 0.255 e. The molecule has 2 amide bonds. The maximum absolute atomic E-state index is 12.3. The van der Waals surface area contributed by atoms with Crippen LogP contribution in [0.25, 0.3) is 0 Å². The predicted octanol–water partition coefficient (Wildman–Crippen LogP) is 3.72. The molecular formula is C19H21ClN2O3S. The normalized spacial score (nSPS) is 11.9. The SMILES string of the molecule is CC(C)CNC(=O)c1ccc(NC(=O)c2ccc(S(C)=O)cc2)cc1Cl. The molecule has 7 heteroatoms. The molecule has 2 aromatic carbocycles. The minimum Gasteiger partial charge on any atom is -0.352 e. The summed E-state index contributed by atoms with van der Waals surface area (Å²) in [5.41, 5.74) is 1.29. The topological polar surface area (TPSA) is 75.3 Å². The molecule has 138 valence electrons. The summed E-state index contributed by atoms with van der Waals surface area (Å²) in [5, 5.41) is 5.80. The van der Waals surface area contributed by atoms with Gasteiger partial charge in [-0.1, -0.05) is 25.4 Å². The number of anilines is 1. The first-order valence-corrected chi connectivity index (χ1v) is 10.0. The molecular weight excluding hydrogens is 372 g/mol.